The van der Waals surface area contributed by atoms with Crippen molar-refractivity contribution in [3.05, 3.63) is 33.3 Å². The highest BCUT2D eigenvalue weighted by Crippen LogP contribution is 2.39. The molecular weight excluding hydrogens is 376 g/mol. The molecule has 118 valence electrons. The fourth-order valence-corrected chi connectivity index (χ4v) is 4.97. The lowest BCUT2D eigenvalue weighted by Gasteiger charge is -2.34. The molecule has 3 atom stereocenters. The SMILES string of the molecule is CS(=O)(=O)C1CCCC(C(NN)c2cc(Cl)ccc2Br)C1. The van der Waals surface area contributed by atoms with Crippen molar-refractivity contribution in [2.24, 2.45) is 11.8 Å². The van der Waals surface area contributed by atoms with Gasteiger partial charge in [-0.1, -0.05) is 34.0 Å². The molecule has 0 bridgehead atoms. The van der Waals surface area contributed by atoms with E-state index < -0.39 is 9.84 Å². The fourth-order valence-electron chi connectivity index (χ4n) is 3.11. The van der Waals surface area contributed by atoms with E-state index in [2.05, 4.69) is 21.4 Å². The number of nitrogens with one attached hydrogen (secondary N) is 1. The van der Waals surface area contributed by atoms with Crippen molar-refractivity contribution in [3.63, 3.8) is 0 Å². The van der Waals surface area contributed by atoms with Gasteiger partial charge in [-0.25, -0.2) is 8.42 Å². The van der Waals surface area contributed by atoms with Crippen LogP contribution in [0.15, 0.2) is 22.7 Å². The van der Waals surface area contributed by atoms with Crippen molar-refractivity contribution >= 4 is 37.4 Å². The number of hydrogen-bond donors (Lipinski definition) is 2. The summed E-state index contributed by atoms with van der Waals surface area (Å²) in [5.74, 6) is 5.92. The third kappa shape index (κ3) is 4.20. The zero-order chi connectivity index (χ0) is 15.6. The standard InChI is InChI=1S/C14H20BrClN2O2S/c1-21(19,20)11-4-2-3-9(7-11)14(18-17)12-8-10(16)5-6-13(12)15/h5-6,8-9,11,14,18H,2-4,7,17H2,1H3. The van der Waals surface area contributed by atoms with Gasteiger partial charge in [-0.2, -0.15) is 0 Å². The molecule has 3 N–H and O–H groups in total. The second-order valence-corrected chi connectivity index (χ2v) is 9.30. The molecular formula is C14H20BrClN2O2S. The Hall–Kier alpha value is -0.140. The number of benzene rings is 1. The van der Waals surface area contributed by atoms with Crippen LogP contribution in [0, 0.1) is 5.92 Å². The molecule has 21 heavy (non-hydrogen) atoms. The number of rotatable bonds is 4. The van der Waals surface area contributed by atoms with E-state index in [9.17, 15) is 8.42 Å². The number of nitrogens with two attached hydrogens (primary N) is 1. The van der Waals surface area contributed by atoms with Crippen molar-refractivity contribution in [1.82, 2.24) is 5.43 Å². The molecule has 0 amide bonds. The Labute approximate surface area is 139 Å². The third-order valence-corrected chi connectivity index (χ3v) is 6.81. The third-order valence-electron chi connectivity index (χ3n) is 4.22. The van der Waals surface area contributed by atoms with Crippen LogP contribution in [0.5, 0.6) is 0 Å². The van der Waals surface area contributed by atoms with Gasteiger partial charge in [0, 0.05) is 21.8 Å². The smallest absolute Gasteiger partial charge is 0.150 e. The van der Waals surface area contributed by atoms with E-state index in [1.165, 1.54) is 6.26 Å². The Morgan fingerprint density at radius 2 is 2.14 bits per heavy atom. The Balaban J connectivity index is 2.27. The van der Waals surface area contributed by atoms with E-state index in [-0.39, 0.29) is 17.2 Å². The van der Waals surface area contributed by atoms with Gasteiger partial charge in [0.2, 0.25) is 0 Å². The molecule has 0 heterocycles. The maximum atomic E-state index is 11.8. The molecule has 1 saturated carbocycles. The zero-order valence-electron chi connectivity index (χ0n) is 11.9. The predicted octanol–water partition coefficient (Wildman–Crippen LogP) is 3.21. The van der Waals surface area contributed by atoms with Gasteiger partial charge in [-0.15, -0.1) is 0 Å². The van der Waals surface area contributed by atoms with Crippen LogP contribution in [0.25, 0.3) is 0 Å². The minimum Gasteiger partial charge on any atom is -0.271 e. The summed E-state index contributed by atoms with van der Waals surface area (Å²) in [7, 11) is -3.01. The molecule has 1 aromatic carbocycles. The van der Waals surface area contributed by atoms with Crippen LogP contribution in [-0.2, 0) is 9.84 Å². The maximum absolute atomic E-state index is 11.8. The van der Waals surface area contributed by atoms with E-state index in [1.54, 1.807) is 0 Å². The summed E-state index contributed by atoms with van der Waals surface area (Å²) >= 11 is 9.59. The highest BCUT2D eigenvalue weighted by atomic mass is 79.9. The lowest BCUT2D eigenvalue weighted by Crippen LogP contribution is -2.38. The summed E-state index contributed by atoms with van der Waals surface area (Å²) < 4.78 is 24.6. The quantitative estimate of drug-likeness (QED) is 0.606. The van der Waals surface area contributed by atoms with E-state index in [0.717, 1.165) is 29.3 Å². The Morgan fingerprint density at radius 1 is 1.43 bits per heavy atom. The Morgan fingerprint density at radius 3 is 2.76 bits per heavy atom. The van der Waals surface area contributed by atoms with Gasteiger partial charge in [-0.05, 0) is 48.9 Å². The van der Waals surface area contributed by atoms with E-state index in [4.69, 9.17) is 17.4 Å². The molecule has 1 aliphatic rings. The average Bonchev–Trinajstić information content (AvgIpc) is 2.43. The van der Waals surface area contributed by atoms with Crippen LogP contribution < -0.4 is 11.3 Å². The first-order valence-corrected chi connectivity index (χ1v) is 10.1. The van der Waals surface area contributed by atoms with Crippen molar-refractivity contribution < 1.29 is 8.42 Å². The number of halogens is 2. The van der Waals surface area contributed by atoms with E-state index in [1.807, 2.05) is 18.2 Å². The highest BCUT2D eigenvalue weighted by Gasteiger charge is 2.34. The molecule has 7 heteroatoms. The highest BCUT2D eigenvalue weighted by molar-refractivity contribution is 9.10. The molecule has 0 spiro atoms. The van der Waals surface area contributed by atoms with Crippen LogP contribution in [0.2, 0.25) is 5.02 Å². The van der Waals surface area contributed by atoms with Crippen LogP contribution in [0.3, 0.4) is 0 Å². The first-order valence-electron chi connectivity index (χ1n) is 6.93. The van der Waals surface area contributed by atoms with Gasteiger partial charge >= 0.3 is 0 Å². The Kier molecular flexibility index (Phi) is 5.71. The molecule has 1 aromatic rings. The minimum atomic E-state index is -3.01. The normalized spacial score (nSPS) is 24.8. The lowest BCUT2D eigenvalue weighted by molar-refractivity contribution is 0.274. The van der Waals surface area contributed by atoms with Gasteiger partial charge in [-0.3, -0.25) is 11.3 Å². The van der Waals surface area contributed by atoms with Gasteiger partial charge in [0.1, 0.15) is 9.84 Å². The second-order valence-electron chi connectivity index (χ2n) is 5.69. The van der Waals surface area contributed by atoms with Gasteiger partial charge in [0.15, 0.2) is 0 Å². The lowest BCUT2D eigenvalue weighted by atomic mass is 9.81. The zero-order valence-corrected chi connectivity index (χ0v) is 15.0. The van der Waals surface area contributed by atoms with Crippen LogP contribution >= 0.6 is 27.5 Å². The fraction of sp³-hybridized carbons (Fsp3) is 0.571. The van der Waals surface area contributed by atoms with Gasteiger partial charge in [0.25, 0.3) is 0 Å². The molecule has 4 nitrogen and oxygen atoms in total. The second kappa shape index (κ2) is 6.96. The van der Waals surface area contributed by atoms with Crippen molar-refractivity contribution in [2.45, 2.75) is 37.0 Å². The van der Waals surface area contributed by atoms with Crippen molar-refractivity contribution in [3.8, 4) is 0 Å². The van der Waals surface area contributed by atoms with Crippen LogP contribution in [-0.4, -0.2) is 19.9 Å². The molecule has 0 saturated heterocycles. The average molecular weight is 396 g/mol. The van der Waals surface area contributed by atoms with E-state index >= 15 is 0 Å². The molecule has 1 aliphatic carbocycles. The topological polar surface area (TPSA) is 72.2 Å². The molecule has 0 radical (unpaired) electrons. The molecule has 0 aliphatic heterocycles. The minimum absolute atomic E-state index is 0.109. The van der Waals surface area contributed by atoms with Gasteiger partial charge in [0.05, 0.1) is 5.25 Å². The molecule has 2 rings (SSSR count). The van der Waals surface area contributed by atoms with E-state index in [0.29, 0.717) is 11.4 Å². The number of hydrazine groups is 1. The summed E-state index contributed by atoms with van der Waals surface area (Å²) in [5.41, 5.74) is 3.82. The number of hydrogen-bond acceptors (Lipinski definition) is 4. The first-order chi connectivity index (χ1) is 9.82. The Bertz CT molecular complexity index is 609. The predicted molar refractivity (Wildman–Crippen MR) is 89.8 cm³/mol. The summed E-state index contributed by atoms with van der Waals surface area (Å²) in [5, 5.41) is 0.369. The van der Waals surface area contributed by atoms with Crippen LogP contribution in [0.1, 0.15) is 37.3 Å². The van der Waals surface area contributed by atoms with Gasteiger partial charge < -0.3 is 0 Å². The first kappa shape index (κ1) is 17.2. The van der Waals surface area contributed by atoms with Crippen molar-refractivity contribution in [1.29, 1.82) is 0 Å². The summed E-state index contributed by atoms with van der Waals surface area (Å²) in [4.78, 5) is 0. The van der Waals surface area contributed by atoms with Crippen LogP contribution in [0.4, 0.5) is 0 Å². The van der Waals surface area contributed by atoms with Crippen molar-refractivity contribution in [2.75, 3.05) is 6.26 Å². The molecule has 3 unspecified atom stereocenters. The largest absolute Gasteiger partial charge is 0.271 e. The summed E-state index contributed by atoms with van der Waals surface area (Å²) in [6, 6.07) is 5.46. The maximum Gasteiger partial charge on any atom is 0.150 e. The number of sulfone groups is 1. The molecule has 1 fully saturated rings. The summed E-state index contributed by atoms with van der Waals surface area (Å²) in [6.45, 7) is 0. The monoisotopic (exact) mass is 394 g/mol. The molecule has 0 aromatic heterocycles. The summed E-state index contributed by atoms with van der Waals surface area (Å²) in [6.07, 6.45) is 4.55.